The van der Waals surface area contributed by atoms with Crippen LogP contribution in [0.5, 0.6) is 0 Å². The smallest absolute Gasteiger partial charge is 0.349 e. The maximum Gasteiger partial charge on any atom is 0.349 e. The predicted molar refractivity (Wildman–Crippen MR) is 106 cm³/mol. The summed E-state index contributed by atoms with van der Waals surface area (Å²) in [5, 5.41) is 1.00. The number of fused-ring (bicyclic) bond motifs is 1. The second-order valence-electron chi connectivity index (χ2n) is 7.39. The van der Waals surface area contributed by atoms with Crippen molar-refractivity contribution < 1.29 is 14.3 Å². The molecule has 26 heavy (non-hydrogen) atoms. The van der Waals surface area contributed by atoms with Crippen molar-refractivity contribution in [3.05, 3.63) is 70.6 Å². The van der Waals surface area contributed by atoms with Gasteiger partial charge in [0.1, 0.15) is 4.88 Å². The summed E-state index contributed by atoms with van der Waals surface area (Å²) < 4.78 is 6.43. The zero-order chi connectivity index (χ0) is 18.9. The van der Waals surface area contributed by atoms with Gasteiger partial charge in [-0.2, -0.15) is 0 Å². The van der Waals surface area contributed by atoms with E-state index in [0.29, 0.717) is 10.4 Å². The molecule has 0 fully saturated rings. The molecule has 4 heteroatoms. The number of Topliss-reactive ketones (excluding diaryl/α,β-unsaturated/α-hetero) is 1. The van der Waals surface area contributed by atoms with Crippen LogP contribution in [0.4, 0.5) is 0 Å². The highest BCUT2D eigenvalue weighted by Crippen LogP contribution is 2.26. The van der Waals surface area contributed by atoms with Crippen molar-refractivity contribution in [1.82, 2.24) is 0 Å². The van der Waals surface area contributed by atoms with Crippen molar-refractivity contribution in [2.45, 2.75) is 39.2 Å². The monoisotopic (exact) mass is 366 g/mol. The lowest BCUT2D eigenvalue weighted by Gasteiger charge is -2.19. The lowest BCUT2D eigenvalue weighted by atomic mass is 9.86. The van der Waals surface area contributed by atoms with Crippen LogP contribution in [0.25, 0.3) is 10.1 Å². The molecular formula is C22H22O3S. The molecule has 0 unspecified atom stereocenters. The van der Waals surface area contributed by atoms with E-state index in [9.17, 15) is 9.59 Å². The first kappa shape index (κ1) is 18.3. The number of ketones is 1. The maximum absolute atomic E-state index is 12.6. The second-order valence-corrected chi connectivity index (χ2v) is 8.47. The fourth-order valence-electron chi connectivity index (χ4n) is 2.72. The highest BCUT2D eigenvalue weighted by molar-refractivity contribution is 7.20. The topological polar surface area (TPSA) is 43.4 Å². The van der Waals surface area contributed by atoms with Gasteiger partial charge in [0.15, 0.2) is 6.10 Å². The molecule has 0 bridgehead atoms. The van der Waals surface area contributed by atoms with E-state index in [1.54, 1.807) is 25.1 Å². The molecule has 2 aromatic carbocycles. The molecule has 0 amide bonds. The van der Waals surface area contributed by atoms with Crippen LogP contribution >= 0.6 is 11.3 Å². The summed E-state index contributed by atoms with van der Waals surface area (Å²) in [6.07, 6.45) is -0.826. The van der Waals surface area contributed by atoms with Crippen LogP contribution in [0.1, 0.15) is 53.3 Å². The van der Waals surface area contributed by atoms with Gasteiger partial charge in [0.2, 0.25) is 5.78 Å². The molecule has 0 N–H and O–H groups in total. The van der Waals surface area contributed by atoms with Crippen molar-refractivity contribution >= 4 is 33.2 Å². The average molecular weight is 366 g/mol. The number of esters is 1. The van der Waals surface area contributed by atoms with Crippen LogP contribution in [0.15, 0.2) is 54.6 Å². The van der Waals surface area contributed by atoms with Gasteiger partial charge in [-0.15, -0.1) is 11.3 Å². The van der Waals surface area contributed by atoms with Crippen molar-refractivity contribution in [2.24, 2.45) is 0 Å². The quantitative estimate of drug-likeness (QED) is 0.444. The Morgan fingerprint density at radius 2 is 1.65 bits per heavy atom. The van der Waals surface area contributed by atoms with Crippen LogP contribution in [-0.2, 0) is 10.2 Å². The molecule has 0 saturated carbocycles. The molecule has 0 radical (unpaired) electrons. The minimum absolute atomic E-state index is 0.0286. The van der Waals surface area contributed by atoms with Crippen LogP contribution in [0.3, 0.4) is 0 Å². The largest absolute Gasteiger partial charge is 0.450 e. The third-order valence-corrected chi connectivity index (χ3v) is 5.41. The molecular weight excluding hydrogens is 344 g/mol. The van der Waals surface area contributed by atoms with E-state index in [-0.39, 0.29) is 11.2 Å². The molecule has 0 aliphatic rings. The van der Waals surface area contributed by atoms with Gasteiger partial charge in [0, 0.05) is 10.3 Å². The van der Waals surface area contributed by atoms with Gasteiger partial charge >= 0.3 is 5.97 Å². The van der Waals surface area contributed by atoms with Gasteiger partial charge in [-0.3, -0.25) is 4.79 Å². The molecule has 0 aliphatic heterocycles. The van der Waals surface area contributed by atoms with Crippen LogP contribution < -0.4 is 0 Å². The summed E-state index contributed by atoms with van der Waals surface area (Å²) in [4.78, 5) is 25.5. The number of hydrogen-bond acceptors (Lipinski definition) is 4. The number of rotatable bonds is 4. The third-order valence-electron chi connectivity index (χ3n) is 4.32. The molecule has 134 valence electrons. The Balaban J connectivity index is 1.71. The minimum Gasteiger partial charge on any atom is -0.450 e. The van der Waals surface area contributed by atoms with Crippen LogP contribution in [0.2, 0.25) is 0 Å². The second kappa shape index (κ2) is 7.04. The summed E-state index contributed by atoms with van der Waals surface area (Å²) >= 11 is 1.37. The Morgan fingerprint density at radius 1 is 1.00 bits per heavy atom. The summed E-state index contributed by atoms with van der Waals surface area (Å²) in [7, 11) is 0. The molecule has 0 aliphatic carbocycles. The fraction of sp³-hybridized carbons (Fsp3) is 0.273. The van der Waals surface area contributed by atoms with Gasteiger partial charge < -0.3 is 4.74 Å². The SMILES string of the molecule is C[C@H](OC(=O)c1cc2ccccc2s1)C(=O)c1ccc(C(C)(C)C)cc1. The normalized spacial score (nSPS) is 12.8. The van der Waals surface area contributed by atoms with Crippen molar-refractivity contribution in [3.63, 3.8) is 0 Å². The van der Waals surface area contributed by atoms with E-state index in [2.05, 4.69) is 20.8 Å². The molecule has 0 saturated heterocycles. The van der Waals surface area contributed by atoms with Crippen LogP contribution in [-0.4, -0.2) is 17.9 Å². The van der Waals surface area contributed by atoms with Crippen molar-refractivity contribution in [2.75, 3.05) is 0 Å². The van der Waals surface area contributed by atoms with E-state index in [1.807, 2.05) is 36.4 Å². The Morgan fingerprint density at radius 3 is 2.27 bits per heavy atom. The Labute approximate surface area is 157 Å². The number of carbonyl (C=O) groups is 2. The maximum atomic E-state index is 12.6. The van der Waals surface area contributed by atoms with Gasteiger partial charge in [0.25, 0.3) is 0 Å². The first-order valence-corrected chi connectivity index (χ1v) is 9.41. The Bertz CT molecular complexity index is 912. The first-order valence-electron chi connectivity index (χ1n) is 8.60. The summed E-state index contributed by atoms with van der Waals surface area (Å²) in [5.74, 6) is -0.654. The van der Waals surface area contributed by atoms with Gasteiger partial charge in [0.05, 0.1) is 0 Å². The van der Waals surface area contributed by atoms with E-state index in [1.165, 1.54) is 11.3 Å². The lowest BCUT2D eigenvalue weighted by Crippen LogP contribution is -2.24. The molecule has 3 rings (SSSR count). The zero-order valence-electron chi connectivity index (χ0n) is 15.4. The van der Waals surface area contributed by atoms with E-state index in [4.69, 9.17) is 4.74 Å². The zero-order valence-corrected chi connectivity index (χ0v) is 16.2. The van der Waals surface area contributed by atoms with E-state index < -0.39 is 12.1 Å². The third kappa shape index (κ3) is 3.86. The van der Waals surface area contributed by atoms with Gasteiger partial charge in [-0.1, -0.05) is 63.2 Å². The lowest BCUT2D eigenvalue weighted by molar-refractivity contribution is 0.0323. The highest BCUT2D eigenvalue weighted by atomic mass is 32.1. The summed E-state index contributed by atoms with van der Waals surface area (Å²) in [5.41, 5.74) is 1.74. The van der Waals surface area contributed by atoms with Gasteiger partial charge in [-0.05, 0) is 35.4 Å². The number of ether oxygens (including phenoxy) is 1. The van der Waals surface area contributed by atoms with Crippen LogP contribution in [0, 0.1) is 0 Å². The summed E-state index contributed by atoms with van der Waals surface area (Å²) in [6, 6.07) is 17.1. The molecule has 1 atom stereocenters. The number of thiophene rings is 1. The van der Waals surface area contributed by atoms with Gasteiger partial charge in [-0.25, -0.2) is 4.79 Å². The number of benzene rings is 2. The predicted octanol–water partition coefficient (Wildman–Crippen LogP) is 5.63. The standard InChI is InChI=1S/C22H22O3S/c1-14(20(23)15-9-11-17(12-10-15)22(2,3)4)25-21(24)19-13-16-7-5-6-8-18(16)26-19/h5-14H,1-4H3/t14-/m0/s1. The minimum atomic E-state index is -0.826. The molecule has 1 aromatic heterocycles. The molecule has 0 spiro atoms. The van der Waals surface area contributed by atoms with E-state index >= 15 is 0 Å². The highest BCUT2D eigenvalue weighted by Gasteiger charge is 2.22. The molecule has 3 aromatic rings. The fourth-order valence-corrected chi connectivity index (χ4v) is 3.67. The average Bonchev–Trinajstić information content (AvgIpc) is 3.04. The molecule has 1 heterocycles. The van der Waals surface area contributed by atoms with E-state index in [0.717, 1.165) is 15.6 Å². The Hall–Kier alpha value is -2.46. The van der Waals surface area contributed by atoms with Crippen molar-refractivity contribution in [3.8, 4) is 0 Å². The number of hydrogen-bond donors (Lipinski definition) is 0. The first-order chi connectivity index (χ1) is 12.3. The molecule has 3 nitrogen and oxygen atoms in total. The number of carbonyl (C=O) groups excluding carboxylic acids is 2. The Kier molecular flexibility index (Phi) is 4.97. The summed E-state index contributed by atoms with van der Waals surface area (Å²) in [6.45, 7) is 7.99. The van der Waals surface area contributed by atoms with Crippen molar-refractivity contribution in [1.29, 1.82) is 0 Å².